The normalized spacial score (nSPS) is 14.1. The maximum atomic E-state index is 8.85. The van der Waals surface area contributed by atoms with Crippen LogP contribution in [-0.4, -0.2) is 11.1 Å². The van der Waals surface area contributed by atoms with Crippen LogP contribution in [0.15, 0.2) is 12.4 Å². The van der Waals surface area contributed by atoms with Crippen LogP contribution in [0.5, 0.6) is 5.75 Å². The fourth-order valence-corrected chi connectivity index (χ4v) is 1.10. The van der Waals surface area contributed by atoms with Gasteiger partial charge in [-0.05, 0) is 12.8 Å². The average molecular weight is 185 g/mol. The first-order valence-electron chi connectivity index (χ1n) is 4.30. The lowest BCUT2D eigenvalue weighted by Gasteiger charge is -2.05. The summed E-state index contributed by atoms with van der Waals surface area (Å²) in [5, 5.41) is 17.6. The van der Waals surface area contributed by atoms with Gasteiger partial charge in [-0.2, -0.15) is 10.5 Å². The predicted molar refractivity (Wildman–Crippen MR) is 47.3 cm³/mol. The van der Waals surface area contributed by atoms with Crippen molar-refractivity contribution in [3.05, 3.63) is 23.5 Å². The number of hydrogen-bond acceptors (Lipinski definition) is 4. The number of nitriles is 2. The van der Waals surface area contributed by atoms with E-state index < -0.39 is 0 Å². The van der Waals surface area contributed by atoms with E-state index in [2.05, 4.69) is 4.98 Å². The summed E-state index contributed by atoms with van der Waals surface area (Å²) < 4.78 is 5.45. The van der Waals surface area contributed by atoms with Crippen LogP contribution < -0.4 is 4.74 Å². The lowest BCUT2D eigenvalue weighted by molar-refractivity contribution is 0.301. The predicted octanol–water partition coefficient (Wildman–Crippen LogP) is 1.37. The molecule has 14 heavy (non-hydrogen) atoms. The third kappa shape index (κ3) is 1.51. The molecule has 1 aromatic heterocycles. The van der Waals surface area contributed by atoms with Crippen molar-refractivity contribution in [3.63, 3.8) is 0 Å². The third-order valence-electron chi connectivity index (χ3n) is 1.96. The molecule has 0 atom stereocenters. The van der Waals surface area contributed by atoms with Gasteiger partial charge in [0.25, 0.3) is 0 Å². The minimum atomic E-state index is 0.206. The summed E-state index contributed by atoms with van der Waals surface area (Å²) in [5.74, 6) is 0.425. The van der Waals surface area contributed by atoms with Crippen molar-refractivity contribution in [2.75, 3.05) is 0 Å². The largest absolute Gasteiger partial charge is 0.487 e. The molecule has 1 aromatic rings. The molecule has 2 rings (SSSR count). The number of pyridine rings is 1. The Bertz CT molecular complexity index is 438. The zero-order valence-corrected chi connectivity index (χ0v) is 7.40. The lowest BCUT2D eigenvalue weighted by Crippen LogP contribution is -2.00. The summed E-state index contributed by atoms with van der Waals surface area (Å²) >= 11 is 0. The number of hydrogen-bond donors (Lipinski definition) is 0. The highest BCUT2D eigenvalue weighted by Crippen LogP contribution is 2.29. The molecule has 0 radical (unpaired) electrons. The molecule has 0 amide bonds. The highest BCUT2D eigenvalue weighted by atomic mass is 16.5. The topological polar surface area (TPSA) is 69.7 Å². The monoisotopic (exact) mass is 185 g/mol. The quantitative estimate of drug-likeness (QED) is 0.697. The summed E-state index contributed by atoms with van der Waals surface area (Å²) in [6, 6.07) is 3.88. The fraction of sp³-hybridized carbons (Fsp3) is 0.300. The van der Waals surface area contributed by atoms with Crippen LogP contribution in [0.2, 0.25) is 0 Å². The standard InChI is InChI=1S/C10H7N3O/c11-3-7-5-13-6-10(9(7)4-12)14-8-1-2-8/h5-6,8H,1-2H2. The van der Waals surface area contributed by atoms with E-state index >= 15 is 0 Å². The first-order chi connectivity index (χ1) is 6.85. The van der Waals surface area contributed by atoms with Crippen molar-refractivity contribution < 1.29 is 4.74 Å². The first kappa shape index (κ1) is 8.52. The van der Waals surface area contributed by atoms with E-state index in [-0.39, 0.29) is 17.2 Å². The molecular weight excluding hydrogens is 178 g/mol. The minimum Gasteiger partial charge on any atom is -0.487 e. The number of nitrogens with zero attached hydrogens (tertiary/aromatic N) is 3. The van der Waals surface area contributed by atoms with Crippen LogP contribution in [0.1, 0.15) is 24.0 Å². The highest BCUT2D eigenvalue weighted by Gasteiger charge is 2.25. The van der Waals surface area contributed by atoms with Crippen LogP contribution in [-0.2, 0) is 0 Å². The lowest BCUT2D eigenvalue weighted by atomic mass is 10.1. The molecule has 4 nitrogen and oxygen atoms in total. The summed E-state index contributed by atoms with van der Waals surface area (Å²) in [6.07, 6.45) is 5.09. The zero-order chi connectivity index (χ0) is 9.97. The molecule has 1 aliphatic rings. The molecule has 0 spiro atoms. The highest BCUT2D eigenvalue weighted by molar-refractivity contribution is 5.51. The van der Waals surface area contributed by atoms with E-state index in [0.29, 0.717) is 5.75 Å². The molecule has 0 bridgehead atoms. The zero-order valence-electron chi connectivity index (χ0n) is 7.40. The van der Waals surface area contributed by atoms with E-state index in [1.807, 2.05) is 12.1 Å². The van der Waals surface area contributed by atoms with Gasteiger partial charge in [-0.1, -0.05) is 0 Å². The van der Waals surface area contributed by atoms with Crippen molar-refractivity contribution >= 4 is 0 Å². The Balaban J connectivity index is 2.38. The van der Waals surface area contributed by atoms with Crippen molar-refractivity contribution in [3.8, 4) is 17.9 Å². The molecule has 0 unspecified atom stereocenters. The van der Waals surface area contributed by atoms with E-state index in [0.717, 1.165) is 12.8 Å². The summed E-state index contributed by atoms with van der Waals surface area (Å²) in [7, 11) is 0. The second kappa shape index (κ2) is 3.35. The first-order valence-corrected chi connectivity index (χ1v) is 4.30. The van der Waals surface area contributed by atoms with Gasteiger partial charge in [0.15, 0.2) is 5.75 Å². The van der Waals surface area contributed by atoms with Gasteiger partial charge in [-0.3, -0.25) is 4.98 Å². The van der Waals surface area contributed by atoms with Gasteiger partial charge in [0.1, 0.15) is 17.7 Å². The van der Waals surface area contributed by atoms with Gasteiger partial charge in [-0.25, -0.2) is 0 Å². The Labute approximate surface area is 81.4 Å². The maximum Gasteiger partial charge on any atom is 0.157 e. The van der Waals surface area contributed by atoms with Crippen LogP contribution in [0.4, 0.5) is 0 Å². The van der Waals surface area contributed by atoms with Crippen molar-refractivity contribution in [2.24, 2.45) is 0 Å². The van der Waals surface area contributed by atoms with Crippen LogP contribution in [0.3, 0.4) is 0 Å². The maximum absolute atomic E-state index is 8.85. The van der Waals surface area contributed by atoms with E-state index in [1.54, 1.807) is 0 Å². The van der Waals surface area contributed by atoms with Gasteiger partial charge in [-0.15, -0.1) is 0 Å². The molecule has 0 saturated heterocycles. The van der Waals surface area contributed by atoms with Crippen molar-refractivity contribution in [1.82, 2.24) is 4.98 Å². The van der Waals surface area contributed by atoms with Crippen molar-refractivity contribution in [2.45, 2.75) is 18.9 Å². The molecule has 68 valence electrons. The van der Waals surface area contributed by atoms with Crippen LogP contribution >= 0.6 is 0 Å². The molecule has 4 heteroatoms. The fourth-order valence-electron chi connectivity index (χ4n) is 1.10. The molecule has 0 aliphatic heterocycles. The molecule has 1 saturated carbocycles. The Kier molecular flexibility index (Phi) is 2.04. The summed E-state index contributed by atoms with van der Waals surface area (Å²) in [4.78, 5) is 3.85. The average Bonchev–Trinajstić information content (AvgIpc) is 3.01. The van der Waals surface area contributed by atoms with E-state index in [4.69, 9.17) is 15.3 Å². The number of ether oxygens (including phenoxy) is 1. The Morgan fingerprint density at radius 2 is 2.07 bits per heavy atom. The molecule has 1 heterocycles. The third-order valence-corrected chi connectivity index (χ3v) is 1.96. The molecular formula is C10H7N3O. The van der Waals surface area contributed by atoms with Gasteiger partial charge in [0.2, 0.25) is 0 Å². The van der Waals surface area contributed by atoms with Crippen molar-refractivity contribution in [1.29, 1.82) is 10.5 Å². The Morgan fingerprint density at radius 3 is 2.64 bits per heavy atom. The minimum absolute atomic E-state index is 0.206. The van der Waals surface area contributed by atoms with Crippen LogP contribution in [0.25, 0.3) is 0 Å². The molecule has 1 fully saturated rings. The Hall–Kier alpha value is -2.07. The second-order valence-electron chi connectivity index (χ2n) is 3.10. The second-order valence-corrected chi connectivity index (χ2v) is 3.10. The van der Waals surface area contributed by atoms with Gasteiger partial charge >= 0.3 is 0 Å². The summed E-state index contributed by atoms with van der Waals surface area (Å²) in [5.41, 5.74) is 0.556. The smallest absolute Gasteiger partial charge is 0.157 e. The van der Waals surface area contributed by atoms with Gasteiger partial charge < -0.3 is 4.74 Å². The Morgan fingerprint density at radius 1 is 1.29 bits per heavy atom. The molecule has 1 aliphatic carbocycles. The SMILES string of the molecule is N#Cc1cncc(OC2CC2)c1C#N. The van der Waals surface area contributed by atoms with Gasteiger partial charge in [0.05, 0.1) is 17.9 Å². The summed E-state index contributed by atoms with van der Waals surface area (Å²) in [6.45, 7) is 0. The number of rotatable bonds is 2. The molecule has 0 N–H and O–H groups in total. The van der Waals surface area contributed by atoms with Gasteiger partial charge in [0, 0.05) is 6.20 Å². The van der Waals surface area contributed by atoms with E-state index in [1.165, 1.54) is 12.4 Å². The number of aromatic nitrogens is 1. The molecule has 0 aromatic carbocycles. The van der Waals surface area contributed by atoms with Crippen LogP contribution in [0, 0.1) is 22.7 Å². The van der Waals surface area contributed by atoms with E-state index in [9.17, 15) is 0 Å².